The lowest BCUT2D eigenvalue weighted by Gasteiger charge is -2.02. The molecule has 1 heterocycles. The Morgan fingerprint density at radius 2 is 1.92 bits per heavy atom. The van der Waals surface area contributed by atoms with Crippen molar-refractivity contribution in [3.8, 4) is 17.1 Å². The maximum atomic E-state index is 11.8. The molecule has 0 aliphatic rings. The van der Waals surface area contributed by atoms with E-state index in [4.69, 9.17) is 14.0 Å². The van der Waals surface area contributed by atoms with E-state index < -0.39 is 0 Å². The average molecular weight is 323 g/mol. The van der Waals surface area contributed by atoms with Crippen molar-refractivity contribution in [2.24, 2.45) is 0 Å². The van der Waals surface area contributed by atoms with Crippen molar-refractivity contribution in [3.05, 3.63) is 71.9 Å². The SMILES string of the molecule is COc1cccc(-c2cc(COC(=O)Cc3ccccc3)no2)c1. The number of ether oxygens (including phenoxy) is 2. The molecule has 0 saturated carbocycles. The van der Waals surface area contributed by atoms with Gasteiger partial charge < -0.3 is 14.0 Å². The fraction of sp³-hybridized carbons (Fsp3) is 0.158. The molecule has 24 heavy (non-hydrogen) atoms. The molecule has 122 valence electrons. The summed E-state index contributed by atoms with van der Waals surface area (Å²) in [5, 5.41) is 3.93. The Balaban J connectivity index is 1.59. The zero-order valence-corrected chi connectivity index (χ0v) is 13.3. The maximum Gasteiger partial charge on any atom is 0.310 e. The number of nitrogens with zero attached hydrogens (tertiary/aromatic N) is 1. The highest BCUT2D eigenvalue weighted by molar-refractivity contribution is 5.72. The summed E-state index contributed by atoms with van der Waals surface area (Å²) in [5.41, 5.74) is 2.33. The lowest BCUT2D eigenvalue weighted by molar-refractivity contribution is -0.144. The fourth-order valence-electron chi connectivity index (χ4n) is 2.26. The maximum absolute atomic E-state index is 11.8. The molecule has 0 atom stereocenters. The highest BCUT2D eigenvalue weighted by atomic mass is 16.5. The van der Waals surface area contributed by atoms with Gasteiger partial charge in [-0.3, -0.25) is 4.79 Å². The topological polar surface area (TPSA) is 61.6 Å². The van der Waals surface area contributed by atoms with Crippen LogP contribution in [0.2, 0.25) is 0 Å². The lowest BCUT2D eigenvalue weighted by Crippen LogP contribution is -2.07. The smallest absolute Gasteiger partial charge is 0.310 e. The predicted molar refractivity (Wildman–Crippen MR) is 88.4 cm³/mol. The van der Waals surface area contributed by atoms with Crippen LogP contribution in [0.15, 0.2) is 65.2 Å². The van der Waals surface area contributed by atoms with Crippen LogP contribution in [0.1, 0.15) is 11.3 Å². The van der Waals surface area contributed by atoms with Gasteiger partial charge in [-0.2, -0.15) is 0 Å². The summed E-state index contributed by atoms with van der Waals surface area (Å²) in [6.45, 7) is 0.0825. The van der Waals surface area contributed by atoms with E-state index in [1.165, 1.54) is 0 Å². The minimum atomic E-state index is -0.299. The van der Waals surface area contributed by atoms with E-state index in [9.17, 15) is 4.79 Å². The Morgan fingerprint density at radius 1 is 1.08 bits per heavy atom. The van der Waals surface area contributed by atoms with Crippen LogP contribution >= 0.6 is 0 Å². The Hall–Kier alpha value is -3.08. The summed E-state index contributed by atoms with van der Waals surface area (Å²) in [6.07, 6.45) is 0.238. The van der Waals surface area contributed by atoms with E-state index in [2.05, 4.69) is 5.16 Å². The predicted octanol–water partition coefficient (Wildman–Crippen LogP) is 3.64. The summed E-state index contributed by atoms with van der Waals surface area (Å²) >= 11 is 0. The van der Waals surface area contributed by atoms with Crippen LogP contribution in [0.3, 0.4) is 0 Å². The third-order valence-corrected chi connectivity index (χ3v) is 3.49. The number of carbonyl (C=O) groups is 1. The highest BCUT2D eigenvalue weighted by Gasteiger charge is 2.10. The largest absolute Gasteiger partial charge is 0.497 e. The molecule has 0 unspecified atom stereocenters. The Morgan fingerprint density at radius 3 is 2.71 bits per heavy atom. The van der Waals surface area contributed by atoms with Gasteiger partial charge in [-0.1, -0.05) is 47.6 Å². The van der Waals surface area contributed by atoms with E-state index in [1.807, 2.05) is 54.6 Å². The minimum Gasteiger partial charge on any atom is -0.497 e. The molecule has 0 aliphatic carbocycles. The molecule has 0 bridgehead atoms. The average Bonchev–Trinajstić information content (AvgIpc) is 3.10. The van der Waals surface area contributed by atoms with Crippen LogP contribution in [-0.4, -0.2) is 18.2 Å². The van der Waals surface area contributed by atoms with Gasteiger partial charge in [-0.25, -0.2) is 0 Å². The number of hydrogen-bond acceptors (Lipinski definition) is 5. The normalized spacial score (nSPS) is 10.4. The highest BCUT2D eigenvalue weighted by Crippen LogP contribution is 2.24. The lowest BCUT2D eigenvalue weighted by atomic mass is 10.1. The van der Waals surface area contributed by atoms with Gasteiger partial charge in [0.05, 0.1) is 13.5 Å². The molecule has 0 aliphatic heterocycles. The molecule has 5 heteroatoms. The molecule has 0 N–H and O–H groups in total. The van der Waals surface area contributed by atoms with Crippen molar-refractivity contribution in [1.29, 1.82) is 0 Å². The molecule has 3 aromatic rings. The molecule has 0 fully saturated rings. The van der Waals surface area contributed by atoms with Gasteiger partial charge in [0, 0.05) is 11.6 Å². The minimum absolute atomic E-state index is 0.0825. The molecular weight excluding hydrogens is 306 g/mol. The molecule has 1 aromatic heterocycles. The summed E-state index contributed by atoms with van der Waals surface area (Å²) in [5.74, 6) is 1.04. The van der Waals surface area contributed by atoms with Crippen LogP contribution in [0.4, 0.5) is 0 Å². The standard InChI is InChI=1S/C19H17NO4/c1-22-17-9-5-8-15(11-17)18-12-16(20-24-18)13-23-19(21)10-14-6-3-2-4-7-14/h2-9,11-12H,10,13H2,1H3. The molecule has 0 radical (unpaired) electrons. The van der Waals surface area contributed by atoms with Crippen LogP contribution in [0.5, 0.6) is 5.75 Å². The van der Waals surface area contributed by atoms with Gasteiger partial charge in [-0.05, 0) is 17.7 Å². The van der Waals surface area contributed by atoms with Crippen LogP contribution in [0.25, 0.3) is 11.3 Å². The zero-order chi connectivity index (χ0) is 16.8. The first-order valence-electron chi connectivity index (χ1n) is 7.54. The first-order chi connectivity index (χ1) is 11.7. The second-order valence-corrected chi connectivity index (χ2v) is 5.24. The van der Waals surface area contributed by atoms with Crippen LogP contribution < -0.4 is 4.74 Å². The van der Waals surface area contributed by atoms with E-state index >= 15 is 0 Å². The zero-order valence-electron chi connectivity index (χ0n) is 13.3. The van der Waals surface area contributed by atoms with E-state index in [-0.39, 0.29) is 19.0 Å². The molecule has 0 amide bonds. The molecule has 2 aromatic carbocycles. The van der Waals surface area contributed by atoms with Crippen LogP contribution in [-0.2, 0) is 22.6 Å². The fourth-order valence-corrected chi connectivity index (χ4v) is 2.26. The number of carbonyl (C=O) groups excluding carboxylic acids is 1. The van der Waals surface area contributed by atoms with Crippen molar-refractivity contribution in [2.45, 2.75) is 13.0 Å². The Kier molecular flexibility index (Phi) is 4.91. The molecule has 0 saturated heterocycles. The van der Waals surface area contributed by atoms with Crippen molar-refractivity contribution in [1.82, 2.24) is 5.16 Å². The van der Waals surface area contributed by atoms with Crippen molar-refractivity contribution in [3.63, 3.8) is 0 Å². The Labute approximate surface area is 139 Å². The molecule has 0 spiro atoms. The summed E-state index contributed by atoms with van der Waals surface area (Å²) in [6, 6.07) is 18.7. The third kappa shape index (κ3) is 4.01. The van der Waals surface area contributed by atoms with Gasteiger partial charge in [0.2, 0.25) is 0 Å². The number of methoxy groups -OCH3 is 1. The van der Waals surface area contributed by atoms with Gasteiger partial charge in [-0.15, -0.1) is 0 Å². The van der Waals surface area contributed by atoms with E-state index in [0.29, 0.717) is 11.5 Å². The summed E-state index contributed by atoms with van der Waals surface area (Å²) < 4.78 is 15.7. The monoisotopic (exact) mass is 323 g/mol. The molecule has 5 nitrogen and oxygen atoms in total. The van der Waals surface area contributed by atoms with Crippen molar-refractivity contribution < 1.29 is 18.8 Å². The van der Waals surface area contributed by atoms with Gasteiger partial charge >= 0.3 is 5.97 Å². The number of aromatic nitrogens is 1. The van der Waals surface area contributed by atoms with E-state index in [0.717, 1.165) is 16.9 Å². The van der Waals surface area contributed by atoms with Crippen molar-refractivity contribution in [2.75, 3.05) is 7.11 Å². The quantitative estimate of drug-likeness (QED) is 0.648. The van der Waals surface area contributed by atoms with Crippen molar-refractivity contribution >= 4 is 5.97 Å². The third-order valence-electron chi connectivity index (χ3n) is 3.49. The Bertz CT molecular complexity index is 811. The first kappa shape index (κ1) is 15.8. The molecule has 3 rings (SSSR count). The number of esters is 1. The second-order valence-electron chi connectivity index (χ2n) is 5.24. The summed E-state index contributed by atoms with van der Waals surface area (Å²) in [4.78, 5) is 11.8. The van der Waals surface area contributed by atoms with Gasteiger partial charge in [0.25, 0.3) is 0 Å². The first-order valence-corrected chi connectivity index (χ1v) is 7.54. The van der Waals surface area contributed by atoms with Gasteiger partial charge in [0.15, 0.2) is 5.76 Å². The second kappa shape index (κ2) is 7.46. The number of hydrogen-bond donors (Lipinski definition) is 0. The van der Waals surface area contributed by atoms with Gasteiger partial charge in [0.1, 0.15) is 18.1 Å². The number of rotatable bonds is 6. The van der Waals surface area contributed by atoms with E-state index in [1.54, 1.807) is 13.2 Å². The summed E-state index contributed by atoms with van der Waals surface area (Å²) in [7, 11) is 1.61. The van der Waals surface area contributed by atoms with Crippen LogP contribution in [0, 0.1) is 0 Å². The molecular formula is C19H17NO4. The number of benzene rings is 2.